The number of carbonyl (C=O) groups is 2. The molecular formula is C19H22BrN2O3S+. The highest BCUT2D eigenvalue weighted by molar-refractivity contribution is 9.11. The molecule has 1 saturated heterocycles. The second-order valence-corrected chi connectivity index (χ2v) is 8.69. The van der Waals surface area contributed by atoms with Gasteiger partial charge in [0, 0.05) is 5.56 Å². The first kappa shape index (κ1) is 19.1. The Kier molecular flexibility index (Phi) is 6.45. The first-order valence-corrected chi connectivity index (χ1v) is 10.3. The summed E-state index contributed by atoms with van der Waals surface area (Å²) >= 11 is 4.89. The van der Waals surface area contributed by atoms with Crippen LogP contribution >= 0.6 is 27.3 Å². The molecule has 2 N–H and O–H groups in total. The summed E-state index contributed by atoms with van der Waals surface area (Å²) in [5, 5.41) is 3.46. The molecule has 1 amide bonds. The van der Waals surface area contributed by atoms with Gasteiger partial charge in [0.2, 0.25) is 0 Å². The van der Waals surface area contributed by atoms with Crippen LogP contribution in [0.1, 0.15) is 29.6 Å². The Bertz CT molecular complexity index is 786. The van der Waals surface area contributed by atoms with Gasteiger partial charge in [-0.1, -0.05) is 30.3 Å². The molecule has 26 heavy (non-hydrogen) atoms. The lowest BCUT2D eigenvalue weighted by atomic mass is 10.0. The van der Waals surface area contributed by atoms with E-state index in [2.05, 4.69) is 21.2 Å². The quantitative estimate of drug-likeness (QED) is 0.706. The average molecular weight is 438 g/mol. The molecule has 1 aromatic carbocycles. The van der Waals surface area contributed by atoms with E-state index in [1.807, 2.05) is 30.3 Å². The van der Waals surface area contributed by atoms with Crippen molar-refractivity contribution in [2.45, 2.75) is 19.3 Å². The number of quaternary nitrogens is 1. The van der Waals surface area contributed by atoms with Crippen LogP contribution in [0.4, 0.5) is 5.00 Å². The van der Waals surface area contributed by atoms with E-state index >= 15 is 0 Å². The van der Waals surface area contributed by atoms with E-state index < -0.39 is 5.97 Å². The summed E-state index contributed by atoms with van der Waals surface area (Å²) in [5.74, 6) is -0.521. The Morgan fingerprint density at radius 3 is 2.54 bits per heavy atom. The van der Waals surface area contributed by atoms with Gasteiger partial charge in [-0.05, 0) is 40.8 Å². The lowest BCUT2D eigenvalue weighted by molar-refractivity contribution is -0.896. The maximum absolute atomic E-state index is 12.5. The highest BCUT2D eigenvalue weighted by Crippen LogP contribution is 2.43. The van der Waals surface area contributed by atoms with Crippen molar-refractivity contribution in [1.29, 1.82) is 0 Å². The molecule has 0 atom stereocenters. The van der Waals surface area contributed by atoms with Crippen molar-refractivity contribution in [3.63, 3.8) is 0 Å². The minimum Gasteiger partial charge on any atom is -0.465 e. The zero-order valence-corrected chi connectivity index (χ0v) is 17.0. The van der Waals surface area contributed by atoms with Crippen molar-refractivity contribution in [3.8, 4) is 11.1 Å². The fourth-order valence-electron chi connectivity index (χ4n) is 3.28. The molecule has 1 aliphatic heterocycles. The smallest absolute Gasteiger partial charge is 0.341 e. The SMILES string of the molecule is COC(=O)c1c(NC(=O)C[NH+]2CCCCC2)sc(Br)c1-c1ccccc1. The van der Waals surface area contributed by atoms with E-state index in [1.165, 1.54) is 42.6 Å². The van der Waals surface area contributed by atoms with E-state index in [0.717, 1.165) is 28.0 Å². The third-order valence-corrected chi connectivity index (χ3v) is 6.32. The predicted octanol–water partition coefficient (Wildman–Crippen LogP) is 2.97. The van der Waals surface area contributed by atoms with Crippen LogP contribution in [0.2, 0.25) is 0 Å². The average Bonchev–Trinajstić information content (AvgIpc) is 2.98. The molecule has 0 radical (unpaired) electrons. The first-order chi connectivity index (χ1) is 12.6. The van der Waals surface area contributed by atoms with E-state index in [0.29, 0.717) is 17.1 Å². The molecular weight excluding hydrogens is 416 g/mol. The van der Waals surface area contributed by atoms with Gasteiger partial charge in [0.25, 0.3) is 5.91 Å². The summed E-state index contributed by atoms with van der Waals surface area (Å²) < 4.78 is 5.77. The molecule has 2 aromatic rings. The number of anilines is 1. The Morgan fingerprint density at radius 2 is 1.88 bits per heavy atom. The van der Waals surface area contributed by atoms with E-state index in [-0.39, 0.29) is 5.91 Å². The Morgan fingerprint density at radius 1 is 1.19 bits per heavy atom. The minimum absolute atomic E-state index is 0.0691. The zero-order chi connectivity index (χ0) is 18.5. The highest BCUT2D eigenvalue weighted by atomic mass is 79.9. The molecule has 2 heterocycles. The Hall–Kier alpha value is -1.70. The van der Waals surface area contributed by atoms with Gasteiger partial charge in [-0.25, -0.2) is 4.79 Å². The molecule has 1 aliphatic rings. The van der Waals surface area contributed by atoms with Crippen molar-refractivity contribution in [3.05, 3.63) is 39.7 Å². The van der Waals surface area contributed by atoms with Crippen LogP contribution in [-0.4, -0.2) is 38.6 Å². The molecule has 0 saturated carbocycles. The molecule has 0 bridgehead atoms. The molecule has 5 nitrogen and oxygen atoms in total. The van der Waals surface area contributed by atoms with Crippen molar-refractivity contribution in [2.24, 2.45) is 0 Å². The number of benzene rings is 1. The van der Waals surface area contributed by atoms with Gasteiger partial charge in [-0.15, -0.1) is 11.3 Å². The van der Waals surface area contributed by atoms with Crippen LogP contribution in [0.5, 0.6) is 0 Å². The molecule has 7 heteroatoms. The van der Waals surface area contributed by atoms with Crippen LogP contribution in [0, 0.1) is 0 Å². The second-order valence-electron chi connectivity index (χ2n) is 6.35. The van der Waals surface area contributed by atoms with E-state index in [4.69, 9.17) is 4.74 Å². The largest absolute Gasteiger partial charge is 0.465 e. The number of piperidine rings is 1. The van der Waals surface area contributed by atoms with E-state index in [1.54, 1.807) is 0 Å². The van der Waals surface area contributed by atoms with Crippen molar-refractivity contribution in [2.75, 3.05) is 32.1 Å². The maximum Gasteiger partial charge on any atom is 0.341 e. The van der Waals surface area contributed by atoms with Gasteiger partial charge < -0.3 is 15.0 Å². The number of likely N-dealkylation sites (tertiary alicyclic amines) is 1. The number of esters is 1. The van der Waals surface area contributed by atoms with E-state index in [9.17, 15) is 9.59 Å². The lowest BCUT2D eigenvalue weighted by Gasteiger charge is -2.22. The minimum atomic E-state index is -0.452. The van der Waals surface area contributed by atoms with Crippen molar-refractivity contribution < 1.29 is 19.2 Å². The summed E-state index contributed by atoms with van der Waals surface area (Å²) in [4.78, 5) is 26.2. The lowest BCUT2D eigenvalue weighted by Crippen LogP contribution is -3.13. The fourth-order valence-corrected chi connectivity index (χ4v) is 5.14. The van der Waals surface area contributed by atoms with Crippen LogP contribution in [-0.2, 0) is 9.53 Å². The number of ether oxygens (including phenoxy) is 1. The predicted molar refractivity (Wildman–Crippen MR) is 107 cm³/mol. The first-order valence-electron chi connectivity index (χ1n) is 8.69. The standard InChI is InChI=1S/C19H21BrN2O3S/c1-25-19(24)16-15(13-8-4-2-5-9-13)17(20)26-18(16)21-14(23)12-22-10-6-3-7-11-22/h2,4-5,8-9H,3,6-7,10-12H2,1H3,(H,21,23)/p+1. The number of halogens is 1. The van der Waals surface area contributed by atoms with Gasteiger partial charge in [-0.2, -0.15) is 0 Å². The van der Waals surface area contributed by atoms with Crippen LogP contribution in [0.3, 0.4) is 0 Å². The molecule has 3 rings (SSSR count). The molecule has 1 aromatic heterocycles. The van der Waals surface area contributed by atoms with Gasteiger partial charge in [0.15, 0.2) is 6.54 Å². The third kappa shape index (κ3) is 4.34. The third-order valence-electron chi connectivity index (χ3n) is 4.54. The monoisotopic (exact) mass is 437 g/mol. The second kappa shape index (κ2) is 8.79. The topological polar surface area (TPSA) is 59.8 Å². The summed E-state index contributed by atoms with van der Waals surface area (Å²) in [7, 11) is 1.35. The van der Waals surface area contributed by atoms with Crippen LogP contribution < -0.4 is 10.2 Å². The van der Waals surface area contributed by atoms with Crippen molar-refractivity contribution >= 4 is 44.1 Å². The number of thiophene rings is 1. The zero-order valence-electron chi connectivity index (χ0n) is 14.6. The fraction of sp³-hybridized carbons (Fsp3) is 0.368. The maximum atomic E-state index is 12.5. The van der Waals surface area contributed by atoms with Crippen LogP contribution in [0.15, 0.2) is 34.1 Å². The summed E-state index contributed by atoms with van der Waals surface area (Å²) in [5.41, 5.74) is 2.05. The number of hydrogen-bond donors (Lipinski definition) is 2. The number of methoxy groups -OCH3 is 1. The number of rotatable bonds is 5. The Balaban J connectivity index is 1.87. The Labute approximate surface area is 165 Å². The highest BCUT2D eigenvalue weighted by Gasteiger charge is 2.27. The van der Waals surface area contributed by atoms with Crippen LogP contribution in [0.25, 0.3) is 11.1 Å². The number of nitrogens with one attached hydrogen (secondary N) is 2. The molecule has 0 unspecified atom stereocenters. The summed E-state index contributed by atoms with van der Waals surface area (Å²) in [6, 6.07) is 9.62. The summed E-state index contributed by atoms with van der Waals surface area (Å²) in [6.07, 6.45) is 3.58. The van der Waals surface area contributed by atoms with Crippen molar-refractivity contribution in [1.82, 2.24) is 0 Å². The van der Waals surface area contributed by atoms with Gasteiger partial charge >= 0.3 is 5.97 Å². The molecule has 138 valence electrons. The van der Waals surface area contributed by atoms with Gasteiger partial charge in [0.05, 0.1) is 24.0 Å². The van der Waals surface area contributed by atoms with Gasteiger partial charge in [0.1, 0.15) is 10.6 Å². The normalized spacial score (nSPS) is 14.8. The van der Waals surface area contributed by atoms with Gasteiger partial charge in [-0.3, -0.25) is 4.79 Å². The number of hydrogen-bond acceptors (Lipinski definition) is 4. The summed E-state index contributed by atoms with van der Waals surface area (Å²) in [6.45, 7) is 2.48. The number of carbonyl (C=O) groups excluding carboxylic acids is 2. The molecule has 0 spiro atoms. The number of amides is 1. The molecule has 1 fully saturated rings. The molecule has 0 aliphatic carbocycles.